The van der Waals surface area contributed by atoms with Crippen LogP contribution in [-0.4, -0.2) is 31.1 Å². The molecule has 0 aliphatic rings. The van der Waals surface area contributed by atoms with Crippen LogP contribution in [-0.2, 0) is 0 Å². The summed E-state index contributed by atoms with van der Waals surface area (Å²) >= 11 is 6.31. The predicted molar refractivity (Wildman–Crippen MR) is 102 cm³/mol. The van der Waals surface area contributed by atoms with Gasteiger partial charge in [0.25, 0.3) is 0 Å². The molecule has 4 heteroatoms. The smallest absolute Gasteiger partial charge is 0.120 e. The van der Waals surface area contributed by atoms with Crippen molar-refractivity contribution in [3.8, 4) is 16.9 Å². The van der Waals surface area contributed by atoms with Gasteiger partial charge in [0.15, 0.2) is 0 Å². The van der Waals surface area contributed by atoms with Crippen molar-refractivity contribution in [1.82, 2.24) is 4.90 Å². The maximum atomic E-state index is 6.31. The van der Waals surface area contributed by atoms with Gasteiger partial charge in [0.1, 0.15) is 5.75 Å². The molecule has 0 aliphatic carbocycles. The average molecular weight is 354 g/mol. The highest BCUT2D eigenvalue weighted by Crippen LogP contribution is 2.31. The van der Waals surface area contributed by atoms with Gasteiger partial charge in [0, 0.05) is 17.1 Å². The van der Waals surface area contributed by atoms with Crippen LogP contribution in [0.25, 0.3) is 11.1 Å². The van der Waals surface area contributed by atoms with Crippen molar-refractivity contribution in [2.75, 3.05) is 26.2 Å². The third-order valence-electron chi connectivity index (χ3n) is 3.80. The Labute approximate surface area is 150 Å². The minimum Gasteiger partial charge on any atom is -0.494 e. The van der Waals surface area contributed by atoms with Gasteiger partial charge in [0.05, 0.1) is 6.61 Å². The molecule has 0 radical (unpaired) electrons. The van der Waals surface area contributed by atoms with Crippen LogP contribution in [0.3, 0.4) is 0 Å². The Balaban J connectivity index is 0.00000264. The first-order valence-electron chi connectivity index (χ1n) is 7.94. The summed E-state index contributed by atoms with van der Waals surface area (Å²) in [6.45, 7) is 8.37. The Kier molecular flexibility index (Phi) is 9.08. The number of hydrogen-bond donors (Lipinski definition) is 0. The van der Waals surface area contributed by atoms with Crippen LogP contribution < -0.4 is 4.74 Å². The summed E-state index contributed by atoms with van der Waals surface area (Å²) in [5, 5.41) is 0.752. The minimum absolute atomic E-state index is 0. The molecule has 2 aromatic rings. The molecule has 2 aromatic carbocycles. The monoisotopic (exact) mass is 353 g/mol. The van der Waals surface area contributed by atoms with E-state index in [2.05, 4.69) is 30.9 Å². The number of benzene rings is 2. The highest BCUT2D eigenvalue weighted by atomic mass is 35.5. The van der Waals surface area contributed by atoms with Crippen LogP contribution in [0, 0.1) is 0 Å². The molecule has 23 heavy (non-hydrogen) atoms. The lowest BCUT2D eigenvalue weighted by atomic mass is 10.1. The molecule has 0 saturated carbocycles. The van der Waals surface area contributed by atoms with E-state index in [1.807, 2.05) is 36.4 Å². The van der Waals surface area contributed by atoms with Gasteiger partial charge in [-0.15, -0.1) is 12.4 Å². The zero-order valence-corrected chi connectivity index (χ0v) is 15.4. The van der Waals surface area contributed by atoms with E-state index in [0.29, 0.717) is 0 Å². The van der Waals surface area contributed by atoms with Crippen molar-refractivity contribution in [3.05, 3.63) is 53.6 Å². The van der Waals surface area contributed by atoms with E-state index in [9.17, 15) is 0 Å². The van der Waals surface area contributed by atoms with Gasteiger partial charge < -0.3 is 9.64 Å². The molecule has 0 amide bonds. The van der Waals surface area contributed by atoms with Gasteiger partial charge in [0.2, 0.25) is 0 Å². The summed E-state index contributed by atoms with van der Waals surface area (Å²) in [6.07, 6.45) is 1.03. The predicted octanol–water partition coefficient (Wildman–Crippen LogP) is 5.54. The quantitative estimate of drug-likeness (QED) is 0.577. The number of hydrogen-bond acceptors (Lipinski definition) is 2. The molecule has 0 bridgehead atoms. The lowest BCUT2D eigenvalue weighted by Crippen LogP contribution is -2.25. The van der Waals surface area contributed by atoms with Crippen LogP contribution in [0.15, 0.2) is 48.5 Å². The van der Waals surface area contributed by atoms with Crippen molar-refractivity contribution in [2.24, 2.45) is 0 Å². The van der Waals surface area contributed by atoms with Crippen LogP contribution >= 0.6 is 24.0 Å². The highest BCUT2D eigenvalue weighted by Gasteiger charge is 2.06. The molecule has 0 aliphatic heterocycles. The molecular weight excluding hydrogens is 329 g/mol. The fourth-order valence-corrected chi connectivity index (χ4v) is 2.68. The number of rotatable bonds is 8. The zero-order chi connectivity index (χ0) is 15.8. The van der Waals surface area contributed by atoms with Gasteiger partial charge in [-0.1, -0.05) is 55.8 Å². The molecule has 0 unspecified atom stereocenters. The molecule has 0 N–H and O–H groups in total. The normalized spacial score (nSPS) is 10.4. The topological polar surface area (TPSA) is 12.5 Å². The summed E-state index contributed by atoms with van der Waals surface area (Å²) in [4.78, 5) is 2.40. The molecule has 0 spiro atoms. The molecule has 0 saturated heterocycles. The first-order valence-corrected chi connectivity index (χ1v) is 8.32. The molecule has 0 heterocycles. The third-order valence-corrected chi connectivity index (χ3v) is 4.13. The van der Waals surface area contributed by atoms with Gasteiger partial charge in [-0.05, 0) is 43.3 Å². The van der Waals surface area contributed by atoms with Crippen molar-refractivity contribution in [3.63, 3.8) is 0 Å². The second kappa shape index (κ2) is 10.5. The van der Waals surface area contributed by atoms with E-state index in [0.717, 1.165) is 54.6 Å². The summed E-state index contributed by atoms with van der Waals surface area (Å²) in [6, 6.07) is 16.0. The van der Waals surface area contributed by atoms with Crippen molar-refractivity contribution >= 4 is 24.0 Å². The maximum Gasteiger partial charge on any atom is 0.120 e. The van der Waals surface area contributed by atoms with Gasteiger partial charge >= 0.3 is 0 Å². The highest BCUT2D eigenvalue weighted by molar-refractivity contribution is 6.33. The fraction of sp³-hybridized carbons (Fsp3) is 0.368. The minimum atomic E-state index is 0. The average Bonchev–Trinajstić information content (AvgIpc) is 2.57. The Morgan fingerprint density at radius 1 is 1.00 bits per heavy atom. The van der Waals surface area contributed by atoms with E-state index in [1.54, 1.807) is 0 Å². The lowest BCUT2D eigenvalue weighted by molar-refractivity contribution is 0.249. The van der Waals surface area contributed by atoms with Crippen molar-refractivity contribution in [2.45, 2.75) is 20.3 Å². The molecule has 2 rings (SSSR count). The Morgan fingerprint density at radius 2 is 1.70 bits per heavy atom. The molecular formula is C19H25Cl2NO. The van der Waals surface area contributed by atoms with Gasteiger partial charge in [-0.25, -0.2) is 0 Å². The van der Waals surface area contributed by atoms with Gasteiger partial charge in [-0.3, -0.25) is 0 Å². The van der Waals surface area contributed by atoms with Crippen LogP contribution in [0.1, 0.15) is 20.3 Å². The van der Waals surface area contributed by atoms with Crippen LogP contribution in [0.4, 0.5) is 0 Å². The van der Waals surface area contributed by atoms with E-state index in [1.165, 1.54) is 0 Å². The molecule has 2 nitrogen and oxygen atoms in total. The first kappa shape index (κ1) is 19.8. The van der Waals surface area contributed by atoms with E-state index in [4.69, 9.17) is 16.3 Å². The summed E-state index contributed by atoms with van der Waals surface area (Å²) in [5.41, 5.74) is 2.13. The van der Waals surface area contributed by atoms with E-state index >= 15 is 0 Å². The fourth-order valence-electron chi connectivity index (χ4n) is 2.45. The second-order valence-corrected chi connectivity index (χ2v) is 5.64. The molecule has 0 fully saturated rings. The Bertz CT molecular complexity index is 571. The molecule has 0 aromatic heterocycles. The van der Waals surface area contributed by atoms with Gasteiger partial charge in [-0.2, -0.15) is 0 Å². The summed E-state index contributed by atoms with van der Waals surface area (Å²) in [7, 11) is 0. The number of halogens is 2. The summed E-state index contributed by atoms with van der Waals surface area (Å²) < 4.78 is 5.88. The van der Waals surface area contributed by atoms with Crippen LogP contribution in [0.5, 0.6) is 5.75 Å². The largest absolute Gasteiger partial charge is 0.494 e. The second-order valence-electron chi connectivity index (χ2n) is 5.24. The Hall–Kier alpha value is -1.22. The number of nitrogens with zero attached hydrogens (tertiary/aromatic N) is 1. The molecule has 126 valence electrons. The number of ether oxygens (including phenoxy) is 1. The molecule has 0 atom stereocenters. The SMILES string of the molecule is CCN(CC)CCCOc1ccc(Cl)c(-c2ccccc2)c1.Cl. The first-order chi connectivity index (χ1) is 10.7. The van der Waals surface area contributed by atoms with E-state index in [-0.39, 0.29) is 12.4 Å². The van der Waals surface area contributed by atoms with Crippen molar-refractivity contribution in [1.29, 1.82) is 0 Å². The standard InChI is InChI=1S/C19H24ClNO.ClH/c1-3-21(4-2)13-8-14-22-17-11-12-19(20)18(15-17)16-9-6-5-7-10-16;/h5-7,9-12,15H,3-4,8,13-14H2,1-2H3;1H. The Morgan fingerprint density at radius 3 is 2.35 bits per heavy atom. The van der Waals surface area contributed by atoms with Crippen LogP contribution in [0.2, 0.25) is 5.02 Å². The summed E-state index contributed by atoms with van der Waals surface area (Å²) in [5.74, 6) is 0.878. The van der Waals surface area contributed by atoms with Crippen molar-refractivity contribution < 1.29 is 4.74 Å². The maximum absolute atomic E-state index is 6.31. The zero-order valence-electron chi connectivity index (χ0n) is 13.8. The third kappa shape index (κ3) is 6.06. The van der Waals surface area contributed by atoms with E-state index < -0.39 is 0 Å². The lowest BCUT2D eigenvalue weighted by Gasteiger charge is -2.17.